The lowest BCUT2D eigenvalue weighted by Gasteiger charge is -2.32. The van der Waals surface area contributed by atoms with Gasteiger partial charge in [0.15, 0.2) is 0 Å². The molecule has 1 atom stereocenters. The number of anilines is 1. The van der Waals surface area contributed by atoms with Crippen molar-refractivity contribution in [3.63, 3.8) is 0 Å². The van der Waals surface area contributed by atoms with Gasteiger partial charge in [0, 0.05) is 28.7 Å². The molecule has 0 fully saturated rings. The summed E-state index contributed by atoms with van der Waals surface area (Å²) >= 11 is 12.7. The Labute approximate surface area is 218 Å². The Morgan fingerprint density at radius 3 is 2.03 bits per heavy atom. The molecule has 0 aliphatic heterocycles. The summed E-state index contributed by atoms with van der Waals surface area (Å²) in [7, 11) is -3.80. The second-order valence-electron chi connectivity index (χ2n) is 9.15. The summed E-state index contributed by atoms with van der Waals surface area (Å²) in [5, 5.41) is 3.53. The summed E-state index contributed by atoms with van der Waals surface area (Å²) in [4.78, 5) is 27.8. The molecule has 0 aliphatic rings. The summed E-state index contributed by atoms with van der Waals surface area (Å²) in [5.41, 5.74) is 2.58. The molecule has 35 heavy (non-hydrogen) atoms. The van der Waals surface area contributed by atoms with Crippen LogP contribution in [0.4, 0.5) is 5.69 Å². The first-order valence-electron chi connectivity index (χ1n) is 11.3. The number of nitrogens with zero attached hydrogens (tertiary/aromatic N) is 2. The van der Waals surface area contributed by atoms with Gasteiger partial charge in [0.2, 0.25) is 21.8 Å². The zero-order chi connectivity index (χ0) is 26.5. The quantitative estimate of drug-likeness (QED) is 0.477. The van der Waals surface area contributed by atoms with Crippen molar-refractivity contribution in [2.45, 2.75) is 47.2 Å². The molecule has 0 heterocycles. The van der Waals surface area contributed by atoms with Gasteiger partial charge < -0.3 is 10.2 Å². The monoisotopic (exact) mass is 541 g/mol. The average Bonchev–Trinajstić information content (AvgIpc) is 2.73. The summed E-state index contributed by atoms with van der Waals surface area (Å²) in [6.45, 7) is 9.13. The minimum Gasteiger partial charge on any atom is -0.354 e. The summed E-state index contributed by atoms with van der Waals surface area (Å²) in [6.07, 6.45) is 1.05. The predicted molar refractivity (Wildman–Crippen MR) is 142 cm³/mol. The molecular formula is C25H33Cl2N3O4S. The van der Waals surface area contributed by atoms with Crippen LogP contribution in [0, 0.1) is 19.8 Å². The van der Waals surface area contributed by atoms with E-state index in [0.29, 0.717) is 27.8 Å². The molecule has 0 radical (unpaired) electrons. The fourth-order valence-electron chi connectivity index (χ4n) is 3.60. The van der Waals surface area contributed by atoms with E-state index in [1.54, 1.807) is 37.3 Å². The minimum atomic E-state index is -3.80. The fourth-order valence-corrected chi connectivity index (χ4v) is 4.95. The maximum Gasteiger partial charge on any atom is 0.244 e. The topological polar surface area (TPSA) is 86.8 Å². The Morgan fingerprint density at radius 1 is 1.00 bits per heavy atom. The zero-order valence-electron chi connectivity index (χ0n) is 20.9. The van der Waals surface area contributed by atoms with Crippen LogP contribution in [0.25, 0.3) is 0 Å². The van der Waals surface area contributed by atoms with Crippen molar-refractivity contribution < 1.29 is 18.0 Å². The number of amides is 2. The van der Waals surface area contributed by atoms with Gasteiger partial charge in [0.25, 0.3) is 0 Å². The number of hydrogen-bond acceptors (Lipinski definition) is 4. The number of aryl methyl sites for hydroxylation is 2. The molecular weight excluding hydrogens is 509 g/mol. The van der Waals surface area contributed by atoms with Crippen LogP contribution in [-0.2, 0) is 26.2 Å². The molecule has 0 unspecified atom stereocenters. The van der Waals surface area contributed by atoms with E-state index in [4.69, 9.17) is 23.2 Å². The van der Waals surface area contributed by atoms with Crippen molar-refractivity contribution in [2.24, 2.45) is 5.92 Å². The van der Waals surface area contributed by atoms with Crippen molar-refractivity contribution >= 4 is 50.7 Å². The van der Waals surface area contributed by atoms with Gasteiger partial charge in [0.1, 0.15) is 12.6 Å². The highest BCUT2D eigenvalue weighted by Gasteiger charge is 2.31. The van der Waals surface area contributed by atoms with Gasteiger partial charge in [-0.25, -0.2) is 8.42 Å². The minimum absolute atomic E-state index is 0.0575. The van der Waals surface area contributed by atoms with Gasteiger partial charge in [-0.15, -0.1) is 0 Å². The van der Waals surface area contributed by atoms with Crippen molar-refractivity contribution in [2.75, 3.05) is 23.7 Å². The van der Waals surface area contributed by atoms with E-state index in [0.717, 1.165) is 21.7 Å². The molecule has 2 amide bonds. The van der Waals surface area contributed by atoms with Crippen molar-refractivity contribution in [3.05, 3.63) is 63.1 Å². The number of halogens is 2. The van der Waals surface area contributed by atoms with Gasteiger partial charge in [-0.1, -0.05) is 49.2 Å². The average molecular weight is 543 g/mol. The molecule has 0 saturated heterocycles. The molecule has 7 nitrogen and oxygen atoms in total. The van der Waals surface area contributed by atoms with Crippen molar-refractivity contribution in [1.82, 2.24) is 10.2 Å². The van der Waals surface area contributed by atoms with E-state index in [1.165, 1.54) is 4.90 Å². The number of hydrogen-bond donors (Lipinski definition) is 1. The normalized spacial score (nSPS) is 12.4. The van der Waals surface area contributed by atoms with Crippen molar-refractivity contribution in [1.29, 1.82) is 0 Å². The van der Waals surface area contributed by atoms with Gasteiger partial charge in [-0.3, -0.25) is 13.9 Å². The Balaban J connectivity index is 2.46. The highest BCUT2D eigenvalue weighted by Crippen LogP contribution is 2.27. The van der Waals surface area contributed by atoms with Crippen LogP contribution in [0.3, 0.4) is 0 Å². The molecule has 0 aliphatic carbocycles. The molecule has 0 spiro atoms. The van der Waals surface area contributed by atoms with Crippen LogP contribution in [0.2, 0.25) is 10.0 Å². The number of nitrogens with one attached hydrogen (secondary N) is 1. The number of carbonyl (C=O) groups is 2. The summed E-state index contributed by atoms with van der Waals surface area (Å²) in [5.74, 6) is -0.691. The highest BCUT2D eigenvalue weighted by molar-refractivity contribution is 7.92. The maximum absolute atomic E-state index is 13.6. The van der Waals surface area contributed by atoms with Crippen LogP contribution in [-0.4, -0.2) is 50.5 Å². The largest absolute Gasteiger partial charge is 0.354 e. The lowest BCUT2D eigenvalue weighted by Crippen LogP contribution is -2.51. The number of carbonyl (C=O) groups excluding carboxylic acids is 2. The SMILES string of the molecule is Cc1cc(C)cc(N(CC(=O)N(Cc2c(Cl)cccc2Cl)[C@H](C)C(=O)NCC(C)C)S(C)(=O)=O)c1. The zero-order valence-corrected chi connectivity index (χ0v) is 23.3. The third-order valence-electron chi connectivity index (χ3n) is 5.42. The predicted octanol–water partition coefficient (Wildman–Crippen LogP) is 4.57. The first-order valence-corrected chi connectivity index (χ1v) is 13.9. The third kappa shape index (κ3) is 8.12. The fraction of sp³-hybridized carbons (Fsp3) is 0.440. The van der Waals surface area contributed by atoms with E-state index in [1.807, 2.05) is 33.8 Å². The van der Waals surface area contributed by atoms with Gasteiger partial charge in [0.05, 0.1) is 11.9 Å². The van der Waals surface area contributed by atoms with Crippen LogP contribution in [0.15, 0.2) is 36.4 Å². The molecule has 0 saturated carbocycles. The lowest BCUT2D eigenvalue weighted by molar-refractivity contribution is -0.139. The maximum atomic E-state index is 13.6. The van der Waals surface area contributed by atoms with Crippen LogP contribution >= 0.6 is 23.2 Å². The molecule has 0 bridgehead atoms. The lowest BCUT2D eigenvalue weighted by atomic mass is 10.1. The Bertz CT molecular complexity index is 1140. The Morgan fingerprint density at radius 2 is 1.54 bits per heavy atom. The van der Waals surface area contributed by atoms with Crippen LogP contribution in [0.1, 0.15) is 37.5 Å². The smallest absolute Gasteiger partial charge is 0.244 e. The first-order chi connectivity index (χ1) is 16.2. The van der Waals surface area contributed by atoms with E-state index < -0.39 is 28.5 Å². The molecule has 192 valence electrons. The standard InChI is InChI=1S/C25H33Cl2N3O4S/c1-16(2)13-28-25(32)19(5)29(14-21-22(26)8-7-9-23(21)27)24(31)15-30(35(6,33)34)20-11-17(3)10-18(4)12-20/h7-12,16,19H,13-15H2,1-6H3,(H,28,32)/t19-/m1/s1. The first kappa shape index (κ1) is 28.9. The van der Waals surface area contributed by atoms with Gasteiger partial charge in [-0.2, -0.15) is 0 Å². The van der Waals surface area contributed by atoms with Crippen LogP contribution < -0.4 is 9.62 Å². The van der Waals surface area contributed by atoms with Crippen LogP contribution in [0.5, 0.6) is 0 Å². The molecule has 2 aromatic rings. The van der Waals surface area contributed by atoms with Crippen molar-refractivity contribution in [3.8, 4) is 0 Å². The second kappa shape index (κ2) is 12.1. The van der Waals surface area contributed by atoms with Gasteiger partial charge >= 0.3 is 0 Å². The summed E-state index contributed by atoms with van der Waals surface area (Å²) < 4.78 is 26.4. The van der Waals surface area contributed by atoms with E-state index >= 15 is 0 Å². The Hall–Kier alpha value is -2.29. The third-order valence-corrected chi connectivity index (χ3v) is 7.26. The number of benzene rings is 2. The molecule has 10 heteroatoms. The highest BCUT2D eigenvalue weighted by atomic mass is 35.5. The summed E-state index contributed by atoms with van der Waals surface area (Å²) in [6, 6.07) is 9.41. The van der Waals surface area contributed by atoms with E-state index in [2.05, 4.69) is 5.32 Å². The molecule has 2 rings (SSSR count). The number of rotatable bonds is 10. The van der Waals surface area contributed by atoms with Gasteiger partial charge in [-0.05, 0) is 62.1 Å². The second-order valence-corrected chi connectivity index (χ2v) is 11.9. The molecule has 0 aromatic heterocycles. The Kier molecular flexibility index (Phi) is 10.0. The van der Waals surface area contributed by atoms with E-state index in [9.17, 15) is 18.0 Å². The molecule has 2 aromatic carbocycles. The van der Waals surface area contributed by atoms with E-state index in [-0.39, 0.29) is 18.4 Å². The number of sulfonamides is 1. The molecule has 1 N–H and O–H groups in total.